The number of nitrogens with zero attached hydrogens (tertiary/aromatic N) is 1. The summed E-state index contributed by atoms with van der Waals surface area (Å²) in [4.78, 5) is 13.2. The van der Waals surface area contributed by atoms with Crippen molar-refractivity contribution in [2.45, 2.75) is 51.7 Å². The second-order valence-corrected chi connectivity index (χ2v) is 6.43. The molecule has 7 heteroatoms. The summed E-state index contributed by atoms with van der Waals surface area (Å²) in [7, 11) is 0. The topological polar surface area (TPSA) is 38.8 Å². The van der Waals surface area contributed by atoms with Crippen LogP contribution >= 0.6 is 0 Å². The Morgan fingerprint density at radius 1 is 1.21 bits per heavy atom. The molecule has 0 bridgehead atoms. The molecule has 0 radical (unpaired) electrons. The van der Waals surface area contributed by atoms with Gasteiger partial charge in [-0.2, -0.15) is 0 Å². The first-order valence-electron chi connectivity index (χ1n) is 6.21. The van der Waals surface area contributed by atoms with E-state index in [2.05, 4.69) is 4.74 Å². The first-order valence-corrected chi connectivity index (χ1v) is 6.21. The average molecular weight is 281 g/mol. The third-order valence-electron chi connectivity index (χ3n) is 3.33. The number of rotatable bonds is 1. The summed E-state index contributed by atoms with van der Waals surface area (Å²) in [5.74, 6) is 0. The monoisotopic (exact) mass is 281 g/mol. The minimum atomic E-state index is -4.57. The summed E-state index contributed by atoms with van der Waals surface area (Å²) in [6.07, 6.45) is -5.03. The predicted molar refractivity (Wildman–Crippen MR) is 60.4 cm³/mol. The third-order valence-corrected chi connectivity index (χ3v) is 3.33. The number of alkyl halides is 3. The summed E-state index contributed by atoms with van der Waals surface area (Å²) < 4.78 is 45.1. The Bertz CT molecular complexity index is 361. The second kappa shape index (κ2) is 4.26. The molecule has 0 aromatic rings. The molecule has 0 unspecified atom stereocenters. The zero-order chi connectivity index (χ0) is 14.5. The normalized spacial score (nSPS) is 22.9. The number of amides is 1. The fraction of sp³-hybridized carbons (Fsp3) is 0.917. The first-order chi connectivity index (χ1) is 8.48. The first kappa shape index (κ1) is 14.4. The molecule has 1 aliphatic heterocycles. The highest BCUT2D eigenvalue weighted by atomic mass is 19.4. The van der Waals surface area contributed by atoms with Crippen LogP contribution in [0.4, 0.5) is 18.0 Å². The van der Waals surface area contributed by atoms with Crippen LogP contribution in [0.15, 0.2) is 0 Å². The summed E-state index contributed by atoms with van der Waals surface area (Å²) in [5, 5.41) is 0. The molecule has 1 saturated heterocycles. The molecule has 2 rings (SSSR count). The van der Waals surface area contributed by atoms with Gasteiger partial charge < -0.3 is 9.64 Å². The van der Waals surface area contributed by atoms with Crippen molar-refractivity contribution in [1.29, 1.82) is 0 Å². The van der Waals surface area contributed by atoms with Gasteiger partial charge in [0.2, 0.25) is 0 Å². The highest BCUT2D eigenvalue weighted by Crippen LogP contribution is 2.51. The van der Waals surface area contributed by atoms with E-state index in [1.165, 1.54) is 4.90 Å². The molecule has 0 atom stereocenters. The van der Waals surface area contributed by atoms with Gasteiger partial charge in [0, 0.05) is 18.5 Å². The summed E-state index contributed by atoms with van der Waals surface area (Å²) in [6.45, 7) is 6.24. The number of ether oxygens (including phenoxy) is 2. The molecule has 2 fully saturated rings. The molecule has 2 aliphatic rings. The Morgan fingerprint density at radius 3 is 2.16 bits per heavy atom. The molecule has 1 amide bonds. The molecule has 1 spiro atoms. The minimum Gasteiger partial charge on any atom is -0.444 e. The Morgan fingerprint density at radius 2 is 1.74 bits per heavy atom. The Hall–Kier alpha value is -0.980. The number of halogens is 3. The van der Waals surface area contributed by atoms with Crippen molar-refractivity contribution in [3.63, 3.8) is 0 Å². The Labute approximate surface area is 109 Å². The van der Waals surface area contributed by atoms with Gasteiger partial charge in [-0.05, 0) is 33.6 Å². The molecule has 1 heterocycles. The van der Waals surface area contributed by atoms with E-state index in [1.54, 1.807) is 20.8 Å². The lowest BCUT2D eigenvalue weighted by molar-refractivity contribution is -0.363. The standard InChI is InChI=1S/C12H18F3NO3/c1-10(2,3)19-9(17)16-6-11(7-16)4-8(5-11)18-12(13,14)15/h8H,4-7H2,1-3H3. The van der Waals surface area contributed by atoms with Crippen molar-refractivity contribution in [2.75, 3.05) is 13.1 Å². The van der Waals surface area contributed by atoms with Crippen LogP contribution in [0.25, 0.3) is 0 Å². The van der Waals surface area contributed by atoms with Crippen LogP contribution in [-0.4, -0.2) is 42.2 Å². The van der Waals surface area contributed by atoms with Gasteiger partial charge in [0.05, 0.1) is 6.10 Å². The zero-order valence-electron chi connectivity index (χ0n) is 11.2. The second-order valence-electron chi connectivity index (χ2n) is 6.43. The van der Waals surface area contributed by atoms with E-state index in [-0.39, 0.29) is 5.41 Å². The van der Waals surface area contributed by atoms with Gasteiger partial charge in [0.15, 0.2) is 0 Å². The lowest BCUT2D eigenvalue weighted by Crippen LogP contribution is -2.66. The number of hydrogen-bond acceptors (Lipinski definition) is 3. The van der Waals surface area contributed by atoms with Gasteiger partial charge in [-0.15, -0.1) is 13.2 Å². The van der Waals surface area contributed by atoms with Crippen molar-refractivity contribution >= 4 is 6.09 Å². The van der Waals surface area contributed by atoms with E-state index in [1.807, 2.05) is 0 Å². The highest BCUT2D eigenvalue weighted by Gasteiger charge is 2.56. The summed E-state index contributed by atoms with van der Waals surface area (Å²) in [6, 6.07) is 0. The lowest BCUT2D eigenvalue weighted by atomic mass is 9.62. The Balaban J connectivity index is 1.72. The molecular weight excluding hydrogens is 263 g/mol. The van der Waals surface area contributed by atoms with Gasteiger partial charge in [-0.1, -0.05) is 0 Å². The van der Waals surface area contributed by atoms with Gasteiger partial charge >= 0.3 is 12.5 Å². The molecule has 110 valence electrons. The van der Waals surface area contributed by atoms with Crippen LogP contribution in [0.3, 0.4) is 0 Å². The molecule has 0 N–H and O–H groups in total. The van der Waals surface area contributed by atoms with E-state index >= 15 is 0 Å². The molecule has 0 aromatic heterocycles. The molecule has 0 aromatic carbocycles. The SMILES string of the molecule is CC(C)(C)OC(=O)N1CC2(CC(OC(F)(F)F)C2)C1. The van der Waals surface area contributed by atoms with Crippen LogP contribution in [-0.2, 0) is 9.47 Å². The number of carbonyl (C=O) groups excluding carboxylic acids is 1. The molecule has 4 nitrogen and oxygen atoms in total. The smallest absolute Gasteiger partial charge is 0.444 e. The maximum Gasteiger partial charge on any atom is 0.522 e. The summed E-state index contributed by atoms with van der Waals surface area (Å²) in [5.41, 5.74) is -0.742. The van der Waals surface area contributed by atoms with Crippen LogP contribution in [0.5, 0.6) is 0 Å². The van der Waals surface area contributed by atoms with Crippen LogP contribution < -0.4 is 0 Å². The van der Waals surface area contributed by atoms with Gasteiger partial charge in [-0.25, -0.2) is 4.79 Å². The largest absolute Gasteiger partial charge is 0.522 e. The van der Waals surface area contributed by atoms with Crippen molar-refractivity contribution in [3.8, 4) is 0 Å². The van der Waals surface area contributed by atoms with Gasteiger partial charge in [0.25, 0.3) is 0 Å². The lowest BCUT2D eigenvalue weighted by Gasteiger charge is -2.58. The van der Waals surface area contributed by atoms with Crippen molar-refractivity contribution in [3.05, 3.63) is 0 Å². The van der Waals surface area contributed by atoms with E-state index in [4.69, 9.17) is 4.74 Å². The molecule has 1 saturated carbocycles. The van der Waals surface area contributed by atoms with Crippen molar-refractivity contribution < 1.29 is 27.4 Å². The summed E-state index contributed by atoms with van der Waals surface area (Å²) >= 11 is 0. The highest BCUT2D eigenvalue weighted by molar-refractivity contribution is 5.69. The fourth-order valence-corrected chi connectivity index (χ4v) is 2.66. The van der Waals surface area contributed by atoms with Crippen molar-refractivity contribution in [1.82, 2.24) is 4.90 Å². The average Bonchev–Trinajstić information content (AvgIpc) is 2.00. The maximum atomic E-state index is 12.0. The minimum absolute atomic E-state index is 0.188. The number of carbonyl (C=O) groups is 1. The quantitative estimate of drug-likeness (QED) is 0.741. The molecule has 19 heavy (non-hydrogen) atoms. The number of hydrogen-bond donors (Lipinski definition) is 0. The van der Waals surface area contributed by atoms with Crippen LogP contribution in [0.2, 0.25) is 0 Å². The van der Waals surface area contributed by atoms with E-state index < -0.39 is 24.2 Å². The van der Waals surface area contributed by atoms with E-state index in [0.29, 0.717) is 25.9 Å². The predicted octanol–water partition coefficient (Wildman–Crippen LogP) is 2.92. The van der Waals surface area contributed by atoms with Crippen LogP contribution in [0.1, 0.15) is 33.6 Å². The molecular formula is C12H18F3NO3. The van der Waals surface area contributed by atoms with Crippen LogP contribution in [0, 0.1) is 5.41 Å². The van der Waals surface area contributed by atoms with E-state index in [9.17, 15) is 18.0 Å². The maximum absolute atomic E-state index is 12.0. The van der Waals surface area contributed by atoms with E-state index in [0.717, 1.165) is 0 Å². The third kappa shape index (κ3) is 3.52. The van der Waals surface area contributed by atoms with Gasteiger partial charge in [-0.3, -0.25) is 4.74 Å². The number of likely N-dealkylation sites (tertiary alicyclic amines) is 1. The van der Waals surface area contributed by atoms with Gasteiger partial charge in [0.1, 0.15) is 5.60 Å². The molecule has 1 aliphatic carbocycles. The fourth-order valence-electron chi connectivity index (χ4n) is 2.66. The zero-order valence-corrected chi connectivity index (χ0v) is 11.2. The Kier molecular flexibility index (Phi) is 3.24. The van der Waals surface area contributed by atoms with Crippen molar-refractivity contribution in [2.24, 2.45) is 5.41 Å².